The van der Waals surface area contributed by atoms with Crippen LogP contribution in [0.25, 0.3) is 0 Å². The minimum atomic E-state index is -0.0838. The number of aromatic nitrogens is 3. The van der Waals surface area contributed by atoms with Crippen LogP contribution in [0.2, 0.25) is 0 Å². The standard InChI is InChI=1S/C19H22N4O3S/c1-3-23-17(12-26-15-8-6-14(2)7-9-15)21-22-19(23)27-13-18(24)20-11-16-5-4-10-25-16/h4-10H,3,11-13H2,1-2H3,(H,20,24). The zero-order valence-electron chi connectivity index (χ0n) is 15.3. The molecule has 1 aromatic carbocycles. The first-order valence-corrected chi connectivity index (χ1v) is 9.67. The molecule has 142 valence electrons. The van der Waals surface area contributed by atoms with Gasteiger partial charge in [0.1, 0.15) is 18.1 Å². The van der Waals surface area contributed by atoms with Crippen molar-refractivity contribution in [3.8, 4) is 5.75 Å². The highest BCUT2D eigenvalue weighted by molar-refractivity contribution is 7.99. The van der Waals surface area contributed by atoms with Crippen molar-refractivity contribution in [1.29, 1.82) is 0 Å². The van der Waals surface area contributed by atoms with E-state index in [9.17, 15) is 4.79 Å². The van der Waals surface area contributed by atoms with Crippen LogP contribution in [0, 0.1) is 6.92 Å². The van der Waals surface area contributed by atoms with Gasteiger partial charge < -0.3 is 19.0 Å². The molecule has 0 saturated heterocycles. The van der Waals surface area contributed by atoms with Crippen LogP contribution in [-0.4, -0.2) is 26.4 Å². The van der Waals surface area contributed by atoms with Crippen molar-refractivity contribution in [3.63, 3.8) is 0 Å². The predicted molar refractivity (Wildman–Crippen MR) is 102 cm³/mol. The van der Waals surface area contributed by atoms with Gasteiger partial charge in [0.15, 0.2) is 11.0 Å². The number of nitrogens with one attached hydrogen (secondary N) is 1. The summed E-state index contributed by atoms with van der Waals surface area (Å²) in [5.41, 5.74) is 1.18. The number of hydrogen-bond donors (Lipinski definition) is 1. The van der Waals surface area contributed by atoms with Gasteiger partial charge in [-0.2, -0.15) is 0 Å². The lowest BCUT2D eigenvalue weighted by molar-refractivity contribution is -0.118. The lowest BCUT2D eigenvalue weighted by atomic mass is 10.2. The Morgan fingerprint density at radius 1 is 1.26 bits per heavy atom. The molecule has 3 rings (SSSR count). The first kappa shape index (κ1) is 19.0. The number of hydrogen-bond acceptors (Lipinski definition) is 6. The summed E-state index contributed by atoms with van der Waals surface area (Å²) >= 11 is 1.35. The molecule has 2 aromatic heterocycles. The molecule has 0 bridgehead atoms. The smallest absolute Gasteiger partial charge is 0.230 e. The number of thioether (sulfide) groups is 1. The second-order valence-electron chi connectivity index (χ2n) is 5.89. The fourth-order valence-electron chi connectivity index (χ4n) is 2.41. The summed E-state index contributed by atoms with van der Waals surface area (Å²) in [6.45, 7) is 5.46. The number of carbonyl (C=O) groups is 1. The SMILES string of the molecule is CCn1c(COc2ccc(C)cc2)nnc1SCC(=O)NCc1ccco1. The Morgan fingerprint density at radius 2 is 2.07 bits per heavy atom. The Labute approximate surface area is 162 Å². The predicted octanol–water partition coefficient (Wildman–Crippen LogP) is 3.19. The summed E-state index contributed by atoms with van der Waals surface area (Å²) in [4.78, 5) is 12.0. The first-order chi connectivity index (χ1) is 13.2. The van der Waals surface area contributed by atoms with Crippen LogP contribution < -0.4 is 10.1 Å². The van der Waals surface area contributed by atoms with E-state index < -0.39 is 0 Å². The summed E-state index contributed by atoms with van der Waals surface area (Å²) in [6, 6.07) is 11.5. The molecule has 2 heterocycles. The van der Waals surface area contributed by atoms with Gasteiger partial charge in [-0.1, -0.05) is 29.5 Å². The summed E-state index contributed by atoms with van der Waals surface area (Å²) < 4.78 is 12.9. The van der Waals surface area contributed by atoms with Gasteiger partial charge >= 0.3 is 0 Å². The molecule has 3 aromatic rings. The number of ether oxygens (including phenoxy) is 1. The summed E-state index contributed by atoms with van der Waals surface area (Å²) in [7, 11) is 0. The topological polar surface area (TPSA) is 82.2 Å². The van der Waals surface area contributed by atoms with Crippen molar-refractivity contribution in [1.82, 2.24) is 20.1 Å². The van der Waals surface area contributed by atoms with E-state index in [0.29, 0.717) is 24.9 Å². The third-order valence-corrected chi connectivity index (χ3v) is 4.84. The molecule has 0 aliphatic heterocycles. The van der Waals surface area contributed by atoms with Crippen LogP contribution in [0.4, 0.5) is 0 Å². The zero-order chi connectivity index (χ0) is 19.1. The molecule has 27 heavy (non-hydrogen) atoms. The summed E-state index contributed by atoms with van der Waals surface area (Å²) in [6.07, 6.45) is 1.58. The van der Waals surface area contributed by atoms with Gasteiger partial charge in [-0.15, -0.1) is 10.2 Å². The van der Waals surface area contributed by atoms with Gasteiger partial charge in [-0.05, 0) is 38.1 Å². The fourth-order valence-corrected chi connectivity index (χ4v) is 3.26. The van der Waals surface area contributed by atoms with E-state index in [1.54, 1.807) is 12.3 Å². The minimum Gasteiger partial charge on any atom is -0.486 e. The number of benzene rings is 1. The maximum Gasteiger partial charge on any atom is 0.230 e. The first-order valence-electron chi connectivity index (χ1n) is 8.69. The van der Waals surface area contributed by atoms with E-state index >= 15 is 0 Å². The van der Waals surface area contributed by atoms with E-state index in [1.807, 2.05) is 48.7 Å². The number of carbonyl (C=O) groups excluding carboxylic acids is 1. The van der Waals surface area contributed by atoms with Crippen molar-refractivity contribution in [2.45, 2.75) is 38.7 Å². The van der Waals surface area contributed by atoms with Crippen molar-refractivity contribution < 1.29 is 13.9 Å². The molecular formula is C19H22N4O3S. The maximum absolute atomic E-state index is 12.0. The number of amides is 1. The Bertz CT molecular complexity index is 860. The molecule has 8 heteroatoms. The average molecular weight is 386 g/mol. The van der Waals surface area contributed by atoms with Gasteiger partial charge in [0, 0.05) is 6.54 Å². The highest BCUT2D eigenvalue weighted by atomic mass is 32.2. The minimum absolute atomic E-state index is 0.0838. The molecule has 1 N–H and O–H groups in total. The van der Waals surface area contributed by atoms with E-state index in [-0.39, 0.29) is 11.7 Å². The van der Waals surface area contributed by atoms with Crippen LogP contribution in [0.5, 0.6) is 5.75 Å². The molecule has 7 nitrogen and oxygen atoms in total. The normalized spacial score (nSPS) is 10.7. The zero-order valence-corrected chi connectivity index (χ0v) is 16.2. The van der Waals surface area contributed by atoms with Crippen LogP contribution in [0.15, 0.2) is 52.2 Å². The Hall–Kier alpha value is -2.74. The Morgan fingerprint density at radius 3 is 2.78 bits per heavy atom. The summed E-state index contributed by atoms with van der Waals surface area (Å²) in [5.74, 6) is 2.42. The molecular weight excluding hydrogens is 364 g/mol. The molecule has 0 aliphatic carbocycles. The van der Waals surface area contributed by atoms with Crippen LogP contribution in [-0.2, 0) is 24.5 Å². The quantitative estimate of drug-likeness (QED) is 0.569. The highest BCUT2D eigenvalue weighted by Crippen LogP contribution is 2.19. The van der Waals surface area contributed by atoms with E-state index in [1.165, 1.54) is 17.3 Å². The Kier molecular flexibility index (Phi) is 6.54. The van der Waals surface area contributed by atoms with Crippen molar-refractivity contribution in [2.75, 3.05) is 5.75 Å². The number of rotatable bonds is 9. The van der Waals surface area contributed by atoms with Gasteiger partial charge in [0.2, 0.25) is 5.91 Å². The molecule has 0 radical (unpaired) electrons. The molecule has 0 saturated carbocycles. The number of furan rings is 1. The van der Waals surface area contributed by atoms with Gasteiger partial charge in [0.05, 0.1) is 18.6 Å². The van der Waals surface area contributed by atoms with Gasteiger partial charge in [-0.25, -0.2) is 0 Å². The van der Waals surface area contributed by atoms with Crippen molar-refractivity contribution >= 4 is 17.7 Å². The third kappa shape index (κ3) is 5.37. The van der Waals surface area contributed by atoms with E-state index in [4.69, 9.17) is 9.15 Å². The number of nitrogens with zero attached hydrogens (tertiary/aromatic N) is 3. The Balaban J connectivity index is 1.51. The lowest BCUT2D eigenvalue weighted by Crippen LogP contribution is -2.24. The highest BCUT2D eigenvalue weighted by Gasteiger charge is 2.14. The van der Waals surface area contributed by atoms with Crippen molar-refractivity contribution in [3.05, 3.63) is 59.8 Å². The maximum atomic E-state index is 12.0. The molecule has 0 atom stereocenters. The van der Waals surface area contributed by atoms with Gasteiger partial charge in [-0.3, -0.25) is 4.79 Å². The lowest BCUT2D eigenvalue weighted by Gasteiger charge is -2.09. The molecule has 0 unspecified atom stereocenters. The van der Waals surface area contributed by atoms with Crippen LogP contribution in [0.3, 0.4) is 0 Å². The second-order valence-corrected chi connectivity index (χ2v) is 6.83. The third-order valence-electron chi connectivity index (χ3n) is 3.87. The second kappa shape index (κ2) is 9.27. The van der Waals surface area contributed by atoms with E-state index in [0.717, 1.165) is 17.3 Å². The summed E-state index contributed by atoms with van der Waals surface area (Å²) in [5, 5.41) is 11.9. The fraction of sp³-hybridized carbons (Fsp3) is 0.316. The molecule has 0 fully saturated rings. The molecule has 1 amide bonds. The monoisotopic (exact) mass is 386 g/mol. The van der Waals surface area contributed by atoms with Gasteiger partial charge in [0.25, 0.3) is 0 Å². The van der Waals surface area contributed by atoms with E-state index in [2.05, 4.69) is 15.5 Å². The average Bonchev–Trinajstić information content (AvgIpc) is 3.33. The molecule has 0 spiro atoms. The largest absolute Gasteiger partial charge is 0.486 e. The van der Waals surface area contributed by atoms with Crippen LogP contribution >= 0.6 is 11.8 Å². The van der Waals surface area contributed by atoms with Crippen molar-refractivity contribution in [2.24, 2.45) is 0 Å². The van der Waals surface area contributed by atoms with Crippen LogP contribution in [0.1, 0.15) is 24.1 Å². The molecule has 0 aliphatic rings. The number of aryl methyl sites for hydroxylation is 1.